The van der Waals surface area contributed by atoms with Crippen molar-refractivity contribution in [3.63, 3.8) is 0 Å². The summed E-state index contributed by atoms with van der Waals surface area (Å²) in [6, 6.07) is 3.68. The molecule has 2 rings (SSSR count). The fraction of sp³-hybridized carbons (Fsp3) is 0.308. The van der Waals surface area contributed by atoms with Gasteiger partial charge < -0.3 is 9.88 Å². The number of aryl methyl sites for hydroxylation is 1. The van der Waals surface area contributed by atoms with Gasteiger partial charge >= 0.3 is 0 Å². The number of aromatic nitrogens is 2. The number of imidazole rings is 1. The van der Waals surface area contributed by atoms with Crippen molar-refractivity contribution in [1.82, 2.24) is 14.9 Å². The van der Waals surface area contributed by atoms with Gasteiger partial charge in [-0.3, -0.25) is 9.59 Å². The second-order valence-corrected chi connectivity index (χ2v) is 6.32. The van der Waals surface area contributed by atoms with E-state index in [4.69, 9.17) is 0 Å². The van der Waals surface area contributed by atoms with Crippen molar-refractivity contribution in [2.75, 3.05) is 5.75 Å². The van der Waals surface area contributed by atoms with E-state index in [0.717, 1.165) is 10.0 Å². The molecule has 0 aliphatic carbocycles. The molecule has 0 spiro atoms. The van der Waals surface area contributed by atoms with E-state index in [1.165, 1.54) is 30.0 Å². The second kappa shape index (κ2) is 6.71. The largest absolute Gasteiger partial charge is 0.351 e. The third-order valence-electron chi connectivity index (χ3n) is 2.56. The van der Waals surface area contributed by atoms with E-state index in [0.29, 0.717) is 17.2 Å². The van der Waals surface area contributed by atoms with Crippen LogP contribution in [-0.2, 0) is 18.4 Å². The minimum atomic E-state index is -0.0726. The monoisotopic (exact) mass is 309 g/mol. The van der Waals surface area contributed by atoms with Gasteiger partial charge in [0.25, 0.3) is 0 Å². The van der Waals surface area contributed by atoms with Gasteiger partial charge in [-0.2, -0.15) is 0 Å². The molecule has 0 bridgehead atoms. The summed E-state index contributed by atoms with van der Waals surface area (Å²) < 4.78 is 1.88. The summed E-state index contributed by atoms with van der Waals surface area (Å²) >= 11 is 2.84. The van der Waals surface area contributed by atoms with Crippen molar-refractivity contribution in [2.45, 2.75) is 18.6 Å². The van der Waals surface area contributed by atoms with Crippen molar-refractivity contribution in [3.05, 3.63) is 34.3 Å². The van der Waals surface area contributed by atoms with Gasteiger partial charge in [-0.25, -0.2) is 4.98 Å². The lowest BCUT2D eigenvalue weighted by atomic mass is 10.3. The molecule has 0 fully saturated rings. The van der Waals surface area contributed by atoms with Crippen LogP contribution in [0.25, 0.3) is 0 Å². The predicted octanol–water partition coefficient (Wildman–Crippen LogP) is 2.09. The van der Waals surface area contributed by atoms with Crippen molar-refractivity contribution in [2.24, 2.45) is 7.05 Å². The maximum absolute atomic E-state index is 12.1. The molecule has 0 saturated carbocycles. The lowest BCUT2D eigenvalue weighted by Crippen LogP contribution is -2.18. The first kappa shape index (κ1) is 14.8. The lowest BCUT2D eigenvalue weighted by Gasteiger charge is -2.00. The van der Waals surface area contributed by atoms with E-state index < -0.39 is 0 Å². The van der Waals surface area contributed by atoms with E-state index in [1.54, 1.807) is 6.20 Å². The van der Waals surface area contributed by atoms with Gasteiger partial charge in [0, 0.05) is 31.2 Å². The van der Waals surface area contributed by atoms with E-state index in [9.17, 15) is 9.59 Å². The third-order valence-corrected chi connectivity index (χ3v) is 4.74. The number of amides is 1. The Morgan fingerprint density at radius 1 is 1.45 bits per heavy atom. The maximum Gasteiger partial charge on any atom is 0.217 e. The molecule has 1 amide bonds. The van der Waals surface area contributed by atoms with Crippen LogP contribution in [0.2, 0.25) is 0 Å². The average molecular weight is 309 g/mol. The molecule has 2 heterocycles. The SMILES string of the molecule is CC(=O)NCc1ccc(C(=O)CSc2nccn2C)s1. The van der Waals surface area contributed by atoms with Crippen LogP contribution >= 0.6 is 23.1 Å². The van der Waals surface area contributed by atoms with Gasteiger partial charge in [0.1, 0.15) is 0 Å². The van der Waals surface area contributed by atoms with Crippen LogP contribution in [-0.4, -0.2) is 27.0 Å². The van der Waals surface area contributed by atoms with Crippen LogP contribution in [0.15, 0.2) is 29.7 Å². The lowest BCUT2D eigenvalue weighted by molar-refractivity contribution is -0.119. The van der Waals surface area contributed by atoms with Gasteiger partial charge in [-0.1, -0.05) is 11.8 Å². The molecule has 2 aromatic heterocycles. The Morgan fingerprint density at radius 2 is 2.25 bits per heavy atom. The number of thiophene rings is 1. The smallest absolute Gasteiger partial charge is 0.217 e. The zero-order valence-corrected chi connectivity index (χ0v) is 12.9. The molecule has 0 saturated heterocycles. The van der Waals surface area contributed by atoms with Crippen LogP contribution in [0.4, 0.5) is 0 Å². The van der Waals surface area contributed by atoms with Gasteiger partial charge in [0.15, 0.2) is 10.9 Å². The molecular weight excluding hydrogens is 294 g/mol. The average Bonchev–Trinajstić information content (AvgIpc) is 3.02. The Labute approximate surface area is 125 Å². The highest BCUT2D eigenvalue weighted by molar-refractivity contribution is 7.99. The summed E-state index contributed by atoms with van der Waals surface area (Å²) in [5, 5.41) is 3.54. The maximum atomic E-state index is 12.1. The Morgan fingerprint density at radius 3 is 2.90 bits per heavy atom. The van der Waals surface area contributed by atoms with Crippen LogP contribution in [0, 0.1) is 0 Å². The summed E-state index contributed by atoms with van der Waals surface area (Å²) in [6.45, 7) is 1.95. The number of ketones is 1. The summed E-state index contributed by atoms with van der Waals surface area (Å²) in [5.74, 6) is 0.374. The molecule has 0 aromatic carbocycles. The minimum Gasteiger partial charge on any atom is -0.351 e. The van der Waals surface area contributed by atoms with Gasteiger partial charge in [0.2, 0.25) is 5.91 Å². The van der Waals surface area contributed by atoms with Crippen molar-refractivity contribution < 1.29 is 9.59 Å². The van der Waals surface area contributed by atoms with Crippen molar-refractivity contribution in [3.8, 4) is 0 Å². The normalized spacial score (nSPS) is 10.5. The zero-order chi connectivity index (χ0) is 14.5. The third kappa shape index (κ3) is 3.94. The second-order valence-electron chi connectivity index (χ2n) is 4.21. The Hall–Kier alpha value is -1.60. The number of carbonyl (C=O) groups is 2. The number of nitrogens with zero attached hydrogens (tertiary/aromatic N) is 2. The number of hydrogen-bond donors (Lipinski definition) is 1. The van der Waals surface area contributed by atoms with Crippen molar-refractivity contribution >= 4 is 34.8 Å². The minimum absolute atomic E-state index is 0.0726. The highest BCUT2D eigenvalue weighted by atomic mass is 32.2. The summed E-state index contributed by atoms with van der Waals surface area (Å²) in [4.78, 5) is 28.8. The standard InChI is InChI=1S/C13H15N3O2S2/c1-9(17)15-7-10-3-4-12(20-10)11(18)8-19-13-14-5-6-16(13)2/h3-6H,7-8H2,1-2H3,(H,15,17). The molecule has 0 radical (unpaired) electrons. The molecule has 2 aromatic rings. The van der Waals surface area contributed by atoms with E-state index >= 15 is 0 Å². The van der Waals surface area contributed by atoms with Crippen LogP contribution in [0.1, 0.15) is 21.5 Å². The first-order chi connectivity index (χ1) is 9.56. The number of rotatable bonds is 6. The van der Waals surface area contributed by atoms with Gasteiger partial charge in [-0.15, -0.1) is 11.3 Å². The highest BCUT2D eigenvalue weighted by Gasteiger charge is 2.11. The number of Topliss-reactive ketones (excluding diaryl/α,β-unsaturated/α-hetero) is 1. The van der Waals surface area contributed by atoms with Crippen LogP contribution in [0.5, 0.6) is 0 Å². The fourth-order valence-corrected chi connectivity index (χ4v) is 3.32. The van der Waals surface area contributed by atoms with Gasteiger partial charge in [0.05, 0.1) is 17.2 Å². The van der Waals surface area contributed by atoms with Gasteiger partial charge in [-0.05, 0) is 12.1 Å². The first-order valence-corrected chi connectivity index (χ1v) is 7.83. The number of hydrogen-bond acceptors (Lipinski definition) is 5. The Kier molecular flexibility index (Phi) is 4.97. The topological polar surface area (TPSA) is 64.0 Å². The zero-order valence-electron chi connectivity index (χ0n) is 11.3. The molecule has 5 nitrogen and oxygen atoms in total. The fourth-order valence-electron chi connectivity index (χ4n) is 1.53. The van der Waals surface area contributed by atoms with E-state index in [1.807, 2.05) is 29.9 Å². The van der Waals surface area contributed by atoms with E-state index in [2.05, 4.69) is 10.3 Å². The van der Waals surface area contributed by atoms with Crippen molar-refractivity contribution in [1.29, 1.82) is 0 Å². The summed E-state index contributed by atoms with van der Waals surface area (Å²) in [6.07, 6.45) is 3.56. The number of nitrogens with one attached hydrogen (secondary N) is 1. The summed E-state index contributed by atoms with van der Waals surface area (Å²) in [5.41, 5.74) is 0. The number of carbonyl (C=O) groups excluding carboxylic acids is 2. The highest BCUT2D eigenvalue weighted by Crippen LogP contribution is 2.21. The molecule has 0 aliphatic heterocycles. The summed E-state index contributed by atoms with van der Waals surface area (Å²) in [7, 11) is 1.90. The molecule has 106 valence electrons. The Bertz CT molecular complexity index is 619. The molecule has 7 heteroatoms. The van der Waals surface area contributed by atoms with Crippen LogP contribution < -0.4 is 5.32 Å². The predicted molar refractivity (Wildman–Crippen MR) is 80.1 cm³/mol. The van der Waals surface area contributed by atoms with E-state index in [-0.39, 0.29) is 11.7 Å². The molecule has 1 N–H and O–H groups in total. The molecule has 0 aliphatic rings. The molecule has 0 atom stereocenters. The first-order valence-electron chi connectivity index (χ1n) is 6.02. The molecular formula is C13H15N3O2S2. The molecule has 0 unspecified atom stereocenters. The van der Waals surface area contributed by atoms with Crippen LogP contribution in [0.3, 0.4) is 0 Å². The quantitative estimate of drug-likeness (QED) is 0.655. The number of thioether (sulfide) groups is 1. The Balaban J connectivity index is 1.89. The molecule has 20 heavy (non-hydrogen) atoms.